The van der Waals surface area contributed by atoms with Crippen molar-refractivity contribution < 1.29 is 13.9 Å². The molecule has 0 aliphatic heterocycles. The molecular formula is C26H24FN3O2S2. The lowest BCUT2D eigenvalue weighted by Crippen LogP contribution is -2.13. The first kappa shape index (κ1) is 25.3. The van der Waals surface area contributed by atoms with Crippen LogP contribution in [0.2, 0.25) is 0 Å². The summed E-state index contributed by atoms with van der Waals surface area (Å²) in [5, 5.41) is 20.1. The summed E-state index contributed by atoms with van der Waals surface area (Å²) in [5.74, 6) is 0.152. The predicted octanol–water partition coefficient (Wildman–Crippen LogP) is 7.03. The monoisotopic (exact) mass is 493 g/mol. The molecule has 0 radical (unpaired) electrons. The maximum atomic E-state index is 14.0. The van der Waals surface area contributed by atoms with Gasteiger partial charge in [-0.3, -0.25) is 0 Å². The highest BCUT2D eigenvalue weighted by atomic mass is 32.2. The average molecular weight is 494 g/mol. The fourth-order valence-corrected chi connectivity index (χ4v) is 5.30. The first-order valence-corrected chi connectivity index (χ1v) is 12.2. The van der Waals surface area contributed by atoms with E-state index in [1.807, 2.05) is 45.9 Å². The quantitative estimate of drug-likeness (QED) is 0.337. The number of para-hydroxylation sites is 1. The molecule has 0 amide bonds. The predicted molar refractivity (Wildman–Crippen MR) is 133 cm³/mol. The van der Waals surface area contributed by atoms with E-state index in [-0.39, 0.29) is 40.7 Å². The molecule has 0 aromatic heterocycles. The Hall–Kier alpha value is -3.33. The van der Waals surface area contributed by atoms with Gasteiger partial charge in [-0.2, -0.15) is 10.5 Å². The average Bonchev–Trinajstić information content (AvgIpc) is 2.78. The van der Waals surface area contributed by atoms with Crippen molar-refractivity contribution in [2.75, 3.05) is 5.73 Å². The Kier molecular flexibility index (Phi) is 8.33. The standard InChI is InChI=1S/C26H24FN3O2S2/c1-15(2)31-23-19(13-28)20(14-29)24(32-16(3)4)26(34-22-11-6-5-10-21(22)30)25(23)33-18-9-7-8-17(27)12-18/h5-12,15-16H,30H2,1-4H3. The van der Waals surface area contributed by atoms with Gasteiger partial charge in [0.15, 0.2) is 11.5 Å². The molecule has 0 saturated carbocycles. The molecule has 0 heterocycles. The lowest BCUT2D eigenvalue weighted by Gasteiger charge is -2.24. The zero-order valence-electron chi connectivity index (χ0n) is 19.3. The second kappa shape index (κ2) is 11.2. The Labute approximate surface area is 207 Å². The van der Waals surface area contributed by atoms with Gasteiger partial charge in [0.2, 0.25) is 0 Å². The fourth-order valence-electron chi connectivity index (χ4n) is 3.09. The molecule has 174 valence electrons. The number of nitrogen functional groups attached to an aromatic ring is 1. The number of halogens is 1. The van der Waals surface area contributed by atoms with Crippen molar-refractivity contribution in [1.82, 2.24) is 0 Å². The molecule has 8 heteroatoms. The zero-order chi connectivity index (χ0) is 24.8. The van der Waals surface area contributed by atoms with Crippen LogP contribution < -0.4 is 15.2 Å². The summed E-state index contributed by atoms with van der Waals surface area (Å²) >= 11 is 2.56. The molecule has 5 nitrogen and oxygen atoms in total. The minimum absolute atomic E-state index is 0.0798. The van der Waals surface area contributed by atoms with E-state index in [0.717, 1.165) is 4.90 Å². The normalized spacial score (nSPS) is 10.7. The van der Waals surface area contributed by atoms with Crippen LogP contribution in [0, 0.1) is 28.5 Å². The van der Waals surface area contributed by atoms with Gasteiger partial charge in [0.1, 0.15) is 29.1 Å². The first-order chi connectivity index (χ1) is 16.2. The van der Waals surface area contributed by atoms with Crippen LogP contribution in [0.25, 0.3) is 0 Å². The number of ether oxygens (including phenoxy) is 2. The SMILES string of the molecule is CC(C)Oc1c(C#N)c(C#N)c(OC(C)C)c(Sc2ccccc2N)c1Sc1cccc(F)c1. The molecule has 0 bridgehead atoms. The van der Waals surface area contributed by atoms with Crippen molar-refractivity contribution >= 4 is 29.2 Å². The minimum atomic E-state index is -0.384. The summed E-state index contributed by atoms with van der Waals surface area (Å²) in [4.78, 5) is 2.49. The molecule has 0 spiro atoms. The van der Waals surface area contributed by atoms with Crippen LogP contribution >= 0.6 is 23.5 Å². The van der Waals surface area contributed by atoms with Crippen LogP contribution in [0.1, 0.15) is 38.8 Å². The first-order valence-electron chi connectivity index (χ1n) is 10.6. The summed E-state index contributed by atoms with van der Waals surface area (Å²) in [6, 6.07) is 17.8. The third-order valence-corrected chi connectivity index (χ3v) is 6.80. The lowest BCUT2D eigenvalue weighted by atomic mass is 10.1. The molecule has 0 atom stereocenters. The van der Waals surface area contributed by atoms with Crippen molar-refractivity contribution in [3.05, 3.63) is 65.5 Å². The highest BCUT2D eigenvalue weighted by Crippen LogP contribution is 2.53. The molecule has 2 N–H and O–H groups in total. The van der Waals surface area contributed by atoms with E-state index in [1.165, 1.54) is 35.7 Å². The van der Waals surface area contributed by atoms with E-state index in [9.17, 15) is 14.9 Å². The third-order valence-electron chi connectivity index (χ3n) is 4.40. The van der Waals surface area contributed by atoms with Crippen molar-refractivity contribution in [3.63, 3.8) is 0 Å². The maximum Gasteiger partial charge on any atom is 0.154 e. The molecule has 3 aromatic carbocycles. The van der Waals surface area contributed by atoms with Gasteiger partial charge < -0.3 is 15.2 Å². The molecule has 0 fully saturated rings. The van der Waals surface area contributed by atoms with Crippen LogP contribution in [0.4, 0.5) is 10.1 Å². The van der Waals surface area contributed by atoms with Crippen molar-refractivity contribution in [2.24, 2.45) is 0 Å². The summed E-state index contributed by atoms with van der Waals surface area (Å²) < 4.78 is 26.2. The Bertz CT molecular complexity index is 1280. The molecule has 0 aliphatic rings. The molecule has 3 rings (SSSR count). The van der Waals surface area contributed by atoms with E-state index < -0.39 is 0 Å². The summed E-state index contributed by atoms with van der Waals surface area (Å²) in [6.45, 7) is 7.36. The Morgan fingerprint density at radius 2 is 1.38 bits per heavy atom. The van der Waals surface area contributed by atoms with Gasteiger partial charge in [-0.25, -0.2) is 4.39 Å². The van der Waals surface area contributed by atoms with Gasteiger partial charge in [0.05, 0.1) is 22.0 Å². The van der Waals surface area contributed by atoms with Crippen LogP contribution in [0.5, 0.6) is 11.5 Å². The van der Waals surface area contributed by atoms with Crippen LogP contribution in [0.3, 0.4) is 0 Å². The van der Waals surface area contributed by atoms with Crippen molar-refractivity contribution in [2.45, 2.75) is 59.5 Å². The largest absolute Gasteiger partial charge is 0.488 e. The van der Waals surface area contributed by atoms with E-state index in [1.54, 1.807) is 18.2 Å². The molecular weight excluding hydrogens is 469 g/mol. The second-order valence-corrected chi connectivity index (χ2v) is 9.96. The van der Waals surface area contributed by atoms with Crippen molar-refractivity contribution in [1.29, 1.82) is 10.5 Å². The van der Waals surface area contributed by atoms with E-state index in [4.69, 9.17) is 15.2 Å². The highest BCUT2D eigenvalue weighted by molar-refractivity contribution is 8.02. The van der Waals surface area contributed by atoms with Gasteiger partial charge in [0, 0.05) is 15.5 Å². The van der Waals surface area contributed by atoms with Gasteiger partial charge in [-0.15, -0.1) is 0 Å². The van der Waals surface area contributed by atoms with Gasteiger partial charge >= 0.3 is 0 Å². The van der Waals surface area contributed by atoms with E-state index >= 15 is 0 Å². The molecule has 0 aliphatic carbocycles. The van der Waals surface area contributed by atoms with Crippen LogP contribution in [-0.2, 0) is 0 Å². The summed E-state index contributed by atoms with van der Waals surface area (Å²) in [7, 11) is 0. The van der Waals surface area contributed by atoms with Gasteiger partial charge in [0.25, 0.3) is 0 Å². The number of anilines is 1. The number of hydrogen-bond donors (Lipinski definition) is 1. The molecule has 3 aromatic rings. The number of nitrogens with two attached hydrogens (primary N) is 1. The van der Waals surface area contributed by atoms with Crippen LogP contribution in [0.15, 0.2) is 68.1 Å². The Morgan fingerprint density at radius 1 is 0.824 bits per heavy atom. The van der Waals surface area contributed by atoms with Gasteiger partial charge in [-0.05, 0) is 58.0 Å². The number of nitriles is 2. The van der Waals surface area contributed by atoms with Gasteiger partial charge in [-0.1, -0.05) is 41.7 Å². The van der Waals surface area contributed by atoms with Crippen molar-refractivity contribution in [3.8, 4) is 23.6 Å². The number of benzene rings is 3. The number of rotatable bonds is 8. The topological polar surface area (TPSA) is 92.1 Å². The molecule has 0 saturated heterocycles. The van der Waals surface area contributed by atoms with E-state index in [2.05, 4.69) is 12.1 Å². The zero-order valence-corrected chi connectivity index (χ0v) is 20.9. The molecule has 34 heavy (non-hydrogen) atoms. The number of hydrogen-bond acceptors (Lipinski definition) is 7. The maximum absolute atomic E-state index is 14.0. The highest BCUT2D eigenvalue weighted by Gasteiger charge is 2.29. The minimum Gasteiger partial charge on any atom is -0.488 e. The summed E-state index contributed by atoms with van der Waals surface area (Å²) in [6.07, 6.45) is -0.544. The lowest BCUT2D eigenvalue weighted by molar-refractivity contribution is 0.223. The smallest absolute Gasteiger partial charge is 0.154 e. The van der Waals surface area contributed by atoms with Crippen LogP contribution in [-0.4, -0.2) is 12.2 Å². The second-order valence-electron chi connectivity index (χ2n) is 7.82. The molecule has 0 unspecified atom stereocenters. The third kappa shape index (κ3) is 5.77. The van der Waals surface area contributed by atoms with E-state index in [0.29, 0.717) is 20.4 Å². The fraction of sp³-hybridized carbons (Fsp3) is 0.231. The number of nitrogens with zero attached hydrogens (tertiary/aromatic N) is 2. The summed E-state index contributed by atoms with van der Waals surface area (Å²) in [5.41, 5.74) is 6.95. The Balaban J connectivity index is 2.40. The Morgan fingerprint density at radius 3 is 1.88 bits per heavy atom.